The number of hydrogen-bond acceptors (Lipinski definition) is 4. The van der Waals surface area contributed by atoms with Crippen molar-refractivity contribution in [3.05, 3.63) is 65.5 Å². The van der Waals surface area contributed by atoms with Gasteiger partial charge in [-0.05, 0) is 41.8 Å². The van der Waals surface area contributed by atoms with Crippen molar-refractivity contribution in [1.29, 1.82) is 0 Å². The number of hydrogen-bond donors (Lipinski definition) is 1. The number of halogens is 2. The lowest BCUT2D eigenvalue weighted by atomic mass is 10.1. The van der Waals surface area contributed by atoms with Gasteiger partial charge in [-0.1, -0.05) is 24.3 Å². The summed E-state index contributed by atoms with van der Waals surface area (Å²) >= 11 is 0. The van der Waals surface area contributed by atoms with Gasteiger partial charge in [0.05, 0.1) is 7.11 Å². The highest BCUT2D eigenvalue weighted by Gasteiger charge is 2.13. The molecule has 0 aliphatic rings. The molecule has 6 heteroatoms. The highest BCUT2D eigenvalue weighted by molar-refractivity contribution is 5.85. The van der Waals surface area contributed by atoms with Gasteiger partial charge in [0.2, 0.25) is 0 Å². The molecule has 2 aromatic rings. The first kappa shape index (κ1) is 18.9. The lowest BCUT2D eigenvalue weighted by molar-refractivity contribution is -0.142. The molecule has 0 fully saturated rings. The fraction of sp³-hybridized carbons (Fsp3) is 0.235. The smallest absolute Gasteiger partial charge is 0.322 e. The van der Waals surface area contributed by atoms with E-state index in [0.29, 0.717) is 18.8 Å². The maximum absolute atomic E-state index is 12.8. The average Bonchev–Trinajstić information content (AvgIpc) is 2.55. The molecule has 0 saturated heterocycles. The molecular formula is C17H19ClFNO3. The van der Waals surface area contributed by atoms with Gasteiger partial charge in [0.25, 0.3) is 0 Å². The Labute approximate surface area is 140 Å². The molecule has 0 aliphatic heterocycles. The largest absolute Gasteiger partial charge is 0.489 e. The second-order valence-corrected chi connectivity index (χ2v) is 4.89. The average molecular weight is 340 g/mol. The zero-order chi connectivity index (χ0) is 15.9. The molecule has 0 saturated carbocycles. The minimum atomic E-state index is -0.670. The maximum Gasteiger partial charge on any atom is 0.322 e. The fourth-order valence-electron chi connectivity index (χ4n) is 1.96. The third-order valence-electron chi connectivity index (χ3n) is 3.20. The van der Waals surface area contributed by atoms with Gasteiger partial charge in [-0.15, -0.1) is 12.4 Å². The summed E-state index contributed by atoms with van der Waals surface area (Å²) in [6.07, 6.45) is 0.408. The zero-order valence-electron chi connectivity index (χ0n) is 12.7. The molecule has 0 amide bonds. The monoisotopic (exact) mass is 339 g/mol. The van der Waals surface area contributed by atoms with Crippen LogP contribution in [0.1, 0.15) is 11.1 Å². The molecule has 2 rings (SSSR count). The van der Waals surface area contributed by atoms with Gasteiger partial charge in [0.15, 0.2) is 0 Å². The van der Waals surface area contributed by atoms with Crippen LogP contribution in [0.5, 0.6) is 5.75 Å². The van der Waals surface area contributed by atoms with E-state index in [1.165, 1.54) is 19.2 Å². The van der Waals surface area contributed by atoms with Crippen molar-refractivity contribution < 1.29 is 18.7 Å². The Morgan fingerprint density at radius 1 is 1.09 bits per heavy atom. The van der Waals surface area contributed by atoms with Crippen molar-refractivity contribution in [2.75, 3.05) is 7.11 Å². The SMILES string of the molecule is COC(=O)C(N)Cc1ccc(OCc2ccc(F)cc2)cc1.Cl. The first-order valence-corrected chi connectivity index (χ1v) is 6.88. The van der Waals surface area contributed by atoms with Gasteiger partial charge in [-0.3, -0.25) is 4.79 Å². The third kappa shape index (κ3) is 5.88. The lowest BCUT2D eigenvalue weighted by Crippen LogP contribution is -2.33. The Morgan fingerprint density at radius 2 is 1.65 bits per heavy atom. The van der Waals surface area contributed by atoms with Gasteiger partial charge in [0, 0.05) is 0 Å². The van der Waals surface area contributed by atoms with E-state index in [9.17, 15) is 9.18 Å². The molecule has 0 aromatic heterocycles. The van der Waals surface area contributed by atoms with Crippen LogP contribution in [0.15, 0.2) is 48.5 Å². The summed E-state index contributed by atoms with van der Waals surface area (Å²) < 4.78 is 23.0. The van der Waals surface area contributed by atoms with Crippen LogP contribution in [-0.2, 0) is 22.6 Å². The Balaban J connectivity index is 0.00000264. The predicted molar refractivity (Wildman–Crippen MR) is 88.1 cm³/mol. The molecule has 2 aromatic carbocycles. The summed E-state index contributed by atoms with van der Waals surface area (Å²) in [5, 5.41) is 0. The summed E-state index contributed by atoms with van der Waals surface area (Å²) in [5.74, 6) is -0.00796. The van der Waals surface area contributed by atoms with Gasteiger partial charge in [-0.2, -0.15) is 0 Å². The van der Waals surface area contributed by atoms with Crippen molar-refractivity contribution in [3.63, 3.8) is 0 Å². The molecule has 0 heterocycles. The van der Waals surface area contributed by atoms with Crippen molar-refractivity contribution >= 4 is 18.4 Å². The first-order chi connectivity index (χ1) is 10.6. The Bertz CT molecular complexity index is 617. The highest BCUT2D eigenvalue weighted by Crippen LogP contribution is 2.15. The van der Waals surface area contributed by atoms with Crippen molar-refractivity contribution in [1.82, 2.24) is 0 Å². The summed E-state index contributed by atoms with van der Waals surface area (Å²) in [6, 6.07) is 12.8. The van der Waals surface area contributed by atoms with E-state index in [1.807, 2.05) is 24.3 Å². The topological polar surface area (TPSA) is 61.5 Å². The minimum Gasteiger partial charge on any atom is -0.489 e. The highest BCUT2D eigenvalue weighted by atomic mass is 35.5. The molecule has 0 radical (unpaired) electrons. The quantitative estimate of drug-likeness (QED) is 0.822. The molecule has 1 atom stereocenters. The minimum absolute atomic E-state index is 0. The number of methoxy groups -OCH3 is 1. The van der Waals surface area contributed by atoms with E-state index in [0.717, 1.165) is 11.1 Å². The van der Waals surface area contributed by atoms with E-state index in [2.05, 4.69) is 4.74 Å². The van der Waals surface area contributed by atoms with Crippen LogP contribution in [0, 0.1) is 5.82 Å². The van der Waals surface area contributed by atoms with E-state index < -0.39 is 12.0 Å². The second-order valence-electron chi connectivity index (χ2n) is 4.89. The first-order valence-electron chi connectivity index (χ1n) is 6.88. The fourth-order valence-corrected chi connectivity index (χ4v) is 1.96. The molecule has 124 valence electrons. The van der Waals surface area contributed by atoms with Gasteiger partial charge >= 0.3 is 5.97 Å². The van der Waals surface area contributed by atoms with Crippen LogP contribution in [0.3, 0.4) is 0 Å². The van der Waals surface area contributed by atoms with Crippen molar-refractivity contribution in [3.8, 4) is 5.75 Å². The summed E-state index contributed by atoms with van der Waals surface area (Å²) in [7, 11) is 1.31. The lowest BCUT2D eigenvalue weighted by Gasteiger charge is -2.10. The van der Waals surface area contributed by atoms with Crippen molar-refractivity contribution in [2.45, 2.75) is 19.1 Å². The molecular weight excluding hydrogens is 321 g/mol. The number of ether oxygens (including phenoxy) is 2. The van der Waals surface area contributed by atoms with E-state index in [4.69, 9.17) is 10.5 Å². The van der Waals surface area contributed by atoms with Crippen LogP contribution < -0.4 is 10.5 Å². The van der Waals surface area contributed by atoms with Crippen molar-refractivity contribution in [2.24, 2.45) is 5.73 Å². The Hall–Kier alpha value is -2.11. The number of esters is 1. The summed E-state index contributed by atoms with van der Waals surface area (Å²) in [6.45, 7) is 0.362. The van der Waals surface area contributed by atoms with Crippen LogP contribution in [-0.4, -0.2) is 19.1 Å². The second kappa shape index (κ2) is 9.12. The molecule has 2 N–H and O–H groups in total. The number of nitrogens with two attached hydrogens (primary N) is 1. The number of carbonyl (C=O) groups is 1. The molecule has 1 unspecified atom stereocenters. The molecule has 23 heavy (non-hydrogen) atoms. The molecule has 0 spiro atoms. The van der Waals surface area contributed by atoms with Crippen LogP contribution >= 0.6 is 12.4 Å². The van der Waals surface area contributed by atoms with E-state index in [-0.39, 0.29) is 18.2 Å². The van der Waals surface area contributed by atoms with Crippen LogP contribution in [0.25, 0.3) is 0 Å². The molecule has 4 nitrogen and oxygen atoms in total. The number of rotatable bonds is 6. The molecule has 0 aliphatic carbocycles. The zero-order valence-corrected chi connectivity index (χ0v) is 13.5. The number of benzene rings is 2. The summed E-state index contributed by atoms with van der Waals surface area (Å²) in [5.41, 5.74) is 7.52. The van der Waals surface area contributed by atoms with Crippen LogP contribution in [0.2, 0.25) is 0 Å². The standard InChI is InChI=1S/C17H18FNO3.ClH/c1-21-17(20)16(19)10-12-4-8-15(9-5-12)22-11-13-2-6-14(18)7-3-13;/h2-9,16H,10-11,19H2,1H3;1H. The van der Waals surface area contributed by atoms with E-state index >= 15 is 0 Å². The third-order valence-corrected chi connectivity index (χ3v) is 3.20. The van der Waals surface area contributed by atoms with E-state index in [1.54, 1.807) is 12.1 Å². The maximum atomic E-state index is 12.8. The Morgan fingerprint density at radius 3 is 2.22 bits per heavy atom. The Kier molecular flexibility index (Phi) is 7.51. The number of carbonyl (C=O) groups excluding carboxylic acids is 1. The van der Waals surface area contributed by atoms with Crippen LogP contribution in [0.4, 0.5) is 4.39 Å². The van der Waals surface area contributed by atoms with Gasteiger partial charge in [-0.25, -0.2) is 4.39 Å². The predicted octanol–water partition coefficient (Wildman–Crippen LogP) is 2.87. The van der Waals surface area contributed by atoms with Gasteiger partial charge in [0.1, 0.15) is 24.2 Å². The normalized spacial score (nSPS) is 11.3. The van der Waals surface area contributed by atoms with Gasteiger partial charge < -0.3 is 15.2 Å². The molecule has 0 bridgehead atoms. The summed E-state index contributed by atoms with van der Waals surface area (Å²) in [4.78, 5) is 11.3.